The zero-order valence-electron chi connectivity index (χ0n) is 21.2. The third-order valence-electron chi connectivity index (χ3n) is 5.77. The minimum Gasteiger partial charge on any atom is -0.354 e. The monoisotopic (exact) mass is 488 g/mol. The summed E-state index contributed by atoms with van der Waals surface area (Å²) in [4.78, 5) is 29.9. The van der Waals surface area contributed by atoms with Crippen LogP contribution in [-0.2, 0) is 22.6 Å². The van der Waals surface area contributed by atoms with E-state index in [1.54, 1.807) is 4.90 Å². The van der Waals surface area contributed by atoms with Crippen molar-refractivity contribution in [2.75, 3.05) is 12.3 Å². The molecule has 2 amide bonds. The summed E-state index contributed by atoms with van der Waals surface area (Å²) in [7, 11) is 0. The molecule has 0 spiro atoms. The molecule has 0 heterocycles. The second-order valence-corrected chi connectivity index (χ2v) is 10.5. The summed E-state index contributed by atoms with van der Waals surface area (Å²) in [5.74, 6) is 0.452. The Morgan fingerprint density at radius 2 is 1.54 bits per heavy atom. The van der Waals surface area contributed by atoms with Crippen LogP contribution < -0.4 is 5.32 Å². The third kappa shape index (κ3) is 8.59. The maximum absolute atomic E-state index is 13.7. The number of hydrogen-bond acceptors (Lipinski definition) is 3. The van der Waals surface area contributed by atoms with Crippen molar-refractivity contribution in [3.05, 3.63) is 101 Å². The van der Waals surface area contributed by atoms with Crippen molar-refractivity contribution in [3.63, 3.8) is 0 Å². The second-order valence-electron chi connectivity index (χ2n) is 9.46. The summed E-state index contributed by atoms with van der Waals surface area (Å²) < 4.78 is 0. The molecular weight excluding hydrogens is 452 g/mol. The molecule has 0 aliphatic heterocycles. The Balaban J connectivity index is 1.89. The van der Waals surface area contributed by atoms with Crippen LogP contribution in [-0.4, -0.2) is 35.1 Å². The van der Waals surface area contributed by atoms with Crippen molar-refractivity contribution < 1.29 is 9.59 Å². The van der Waals surface area contributed by atoms with E-state index in [9.17, 15) is 9.59 Å². The summed E-state index contributed by atoms with van der Waals surface area (Å²) in [6.07, 6.45) is 0.470. The standard InChI is InChI=1S/C30H36N2O2S/c1-22(2)19-31-30(34)28(18-25-10-6-5-7-11-25)32(20-26-12-8-9-24(4)17-26)29(33)21-35-27-15-13-23(3)14-16-27/h5-17,22,28H,18-21H2,1-4H3,(H,31,34)/t28-/m1/s1. The number of aryl methyl sites for hydroxylation is 2. The smallest absolute Gasteiger partial charge is 0.243 e. The zero-order valence-corrected chi connectivity index (χ0v) is 22.0. The zero-order chi connectivity index (χ0) is 25.2. The van der Waals surface area contributed by atoms with E-state index in [1.165, 1.54) is 17.3 Å². The van der Waals surface area contributed by atoms with E-state index in [0.717, 1.165) is 21.6 Å². The predicted molar refractivity (Wildman–Crippen MR) is 145 cm³/mol. The van der Waals surface area contributed by atoms with E-state index < -0.39 is 6.04 Å². The van der Waals surface area contributed by atoms with Crippen molar-refractivity contribution in [2.24, 2.45) is 5.92 Å². The number of hydrogen-bond donors (Lipinski definition) is 1. The molecule has 0 aliphatic carbocycles. The molecule has 0 fully saturated rings. The molecule has 5 heteroatoms. The van der Waals surface area contributed by atoms with Gasteiger partial charge in [0.05, 0.1) is 5.75 Å². The number of carbonyl (C=O) groups is 2. The molecule has 4 nitrogen and oxygen atoms in total. The molecule has 184 valence electrons. The summed E-state index contributed by atoms with van der Waals surface area (Å²) in [5, 5.41) is 3.08. The Bertz CT molecular complexity index is 1100. The quantitative estimate of drug-likeness (QED) is 0.347. The van der Waals surface area contributed by atoms with Gasteiger partial charge in [-0.3, -0.25) is 9.59 Å². The molecule has 0 radical (unpaired) electrons. The molecule has 0 unspecified atom stereocenters. The van der Waals surface area contributed by atoms with Crippen LogP contribution in [0.25, 0.3) is 0 Å². The van der Waals surface area contributed by atoms with Crippen molar-refractivity contribution in [1.82, 2.24) is 10.2 Å². The summed E-state index contributed by atoms with van der Waals surface area (Å²) in [6.45, 7) is 9.20. The Kier molecular flexibility index (Phi) is 9.98. The number of thioether (sulfide) groups is 1. The van der Waals surface area contributed by atoms with Gasteiger partial charge in [-0.05, 0) is 43.0 Å². The predicted octanol–water partition coefficient (Wildman–Crippen LogP) is 5.81. The first-order chi connectivity index (χ1) is 16.8. The van der Waals surface area contributed by atoms with E-state index in [0.29, 0.717) is 25.4 Å². The number of nitrogens with one attached hydrogen (secondary N) is 1. The maximum atomic E-state index is 13.7. The van der Waals surface area contributed by atoms with Crippen molar-refractivity contribution in [1.29, 1.82) is 0 Å². The Morgan fingerprint density at radius 3 is 2.20 bits per heavy atom. The van der Waals surface area contributed by atoms with Crippen LogP contribution in [0.5, 0.6) is 0 Å². The summed E-state index contributed by atoms with van der Waals surface area (Å²) in [6, 6.07) is 25.7. The molecule has 35 heavy (non-hydrogen) atoms. The lowest BCUT2D eigenvalue weighted by atomic mass is 10.0. The molecule has 1 atom stereocenters. The molecular formula is C30H36N2O2S. The summed E-state index contributed by atoms with van der Waals surface area (Å²) >= 11 is 1.51. The van der Waals surface area contributed by atoms with E-state index >= 15 is 0 Å². The van der Waals surface area contributed by atoms with Crippen LogP contribution in [0.15, 0.2) is 83.8 Å². The molecule has 0 saturated heterocycles. The van der Waals surface area contributed by atoms with Gasteiger partial charge in [-0.15, -0.1) is 11.8 Å². The lowest BCUT2D eigenvalue weighted by Gasteiger charge is -2.32. The number of benzene rings is 3. The van der Waals surface area contributed by atoms with Crippen molar-refractivity contribution in [2.45, 2.75) is 51.6 Å². The molecule has 0 bridgehead atoms. The van der Waals surface area contributed by atoms with Crippen molar-refractivity contribution >= 4 is 23.6 Å². The highest BCUT2D eigenvalue weighted by Gasteiger charge is 2.30. The first-order valence-electron chi connectivity index (χ1n) is 12.2. The van der Waals surface area contributed by atoms with Gasteiger partial charge in [-0.25, -0.2) is 0 Å². The fraction of sp³-hybridized carbons (Fsp3) is 0.333. The maximum Gasteiger partial charge on any atom is 0.243 e. The van der Waals surface area contributed by atoms with Crippen LogP contribution in [0.4, 0.5) is 0 Å². The first-order valence-corrected chi connectivity index (χ1v) is 13.2. The third-order valence-corrected chi connectivity index (χ3v) is 6.77. The number of amides is 2. The lowest BCUT2D eigenvalue weighted by molar-refractivity contribution is -0.139. The van der Waals surface area contributed by atoms with Gasteiger partial charge in [0.15, 0.2) is 0 Å². The average Bonchev–Trinajstić information content (AvgIpc) is 2.85. The molecule has 0 aromatic heterocycles. The Hall–Kier alpha value is -3.05. The van der Waals surface area contributed by atoms with Gasteiger partial charge in [-0.1, -0.05) is 91.7 Å². The largest absolute Gasteiger partial charge is 0.354 e. The summed E-state index contributed by atoms with van der Waals surface area (Å²) in [5.41, 5.74) is 4.37. The highest BCUT2D eigenvalue weighted by Crippen LogP contribution is 2.22. The van der Waals surface area contributed by atoms with E-state index in [2.05, 4.69) is 37.4 Å². The van der Waals surface area contributed by atoms with Crippen LogP contribution in [0.2, 0.25) is 0 Å². The van der Waals surface area contributed by atoms with Crippen LogP contribution in [0.1, 0.15) is 36.1 Å². The Labute approximate surface area is 214 Å². The van der Waals surface area contributed by atoms with Crippen LogP contribution in [0, 0.1) is 19.8 Å². The van der Waals surface area contributed by atoms with Gasteiger partial charge in [0.1, 0.15) is 6.04 Å². The van der Waals surface area contributed by atoms with Gasteiger partial charge in [0.25, 0.3) is 0 Å². The first kappa shape index (κ1) is 26.6. The van der Waals surface area contributed by atoms with Gasteiger partial charge in [0.2, 0.25) is 11.8 Å². The Morgan fingerprint density at radius 1 is 0.857 bits per heavy atom. The minimum absolute atomic E-state index is 0.0438. The second kappa shape index (κ2) is 13.1. The molecule has 0 saturated carbocycles. The highest BCUT2D eigenvalue weighted by atomic mass is 32.2. The molecule has 3 rings (SSSR count). The van der Waals surface area contributed by atoms with Gasteiger partial charge < -0.3 is 10.2 Å². The van der Waals surface area contributed by atoms with E-state index in [-0.39, 0.29) is 17.6 Å². The fourth-order valence-electron chi connectivity index (χ4n) is 3.85. The molecule has 3 aromatic rings. The topological polar surface area (TPSA) is 49.4 Å². The highest BCUT2D eigenvalue weighted by molar-refractivity contribution is 8.00. The van der Waals surface area contributed by atoms with Crippen LogP contribution >= 0.6 is 11.8 Å². The lowest BCUT2D eigenvalue weighted by Crippen LogP contribution is -2.51. The van der Waals surface area contributed by atoms with Gasteiger partial charge >= 0.3 is 0 Å². The average molecular weight is 489 g/mol. The van der Waals surface area contributed by atoms with E-state index in [1.807, 2.05) is 74.5 Å². The molecule has 1 N–H and O–H groups in total. The number of rotatable bonds is 11. The number of carbonyl (C=O) groups excluding carboxylic acids is 2. The molecule has 3 aromatic carbocycles. The minimum atomic E-state index is -0.595. The SMILES string of the molecule is Cc1ccc(SCC(=O)N(Cc2cccc(C)c2)[C@H](Cc2ccccc2)C(=O)NCC(C)C)cc1. The van der Waals surface area contributed by atoms with Gasteiger partial charge in [0, 0.05) is 24.4 Å². The molecule has 0 aliphatic rings. The van der Waals surface area contributed by atoms with Crippen molar-refractivity contribution in [3.8, 4) is 0 Å². The number of nitrogens with zero attached hydrogens (tertiary/aromatic N) is 1. The van der Waals surface area contributed by atoms with Gasteiger partial charge in [-0.2, -0.15) is 0 Å². The van der Waals surface area contributed by atoms with E-state index in [4.69, 9.17) is 0 Å². The fourth-order valence-corrected chi connectivity index (χ4v) is 4.63. The van der Waals surface area contributed by atoms with Crippen LogP contribution in [0.3, 0.4) is 0 Å². The normalized spacial score (nSPS) is 11.8.